The highest BCUT2D eigenvalue weighted by atomic mass is 15.0. The number of hydrogen-bond acceptors (Lipinski definition) is 2. The fourth-order valence-electron chi connectivity index (χ4n) is 2.11. The Morgan fingerprint density at radius 2 is 2.16 bits per heavy atom. The van der Waals surface area contributed by atoms with Gasteiger partial charge >= 0.3 is 0 Å². The molecule has 0 fully saturated rings. The zero-order valence-corrected chi connectivity index (χ0v) is 12.0. The molecule has 3 nitrogen and oxygen atoms in total. The Morgan fingerprint density at radius 1 is 1.32 bits per heavy atom. The van der Waals surface area contributed by atoms with Gasteiger partial charge in [0.1, 0.15) is 0 Å². The monoisotopic (exact) mass is 257 g/mol. The third-order valence-corrected chi connectivity index (χ3v) is 3.74. The molecule has 0 aliphatic heterocycles. The minimum atomic E-state index is 0.494. The Morgan fingerprint density at radius 3 is 2.84 bits per heavy atom. The van der Waals surface area contributed by atoms with Gasteiger partial charge in [0, 0.05) is 30.7 Å². The lowest BCUT2D eigenvalue weighted by atomic mass is 10.0. The Bertz CT molecular complexity index is 490. The maximum absolute atomic E-state index is 4.07. The smallest absolute Gasteiger partial charge is 0.0949 e. The summed E-state index contributed by atoms with van der Waals surface area (Å²) in [5, 5.41) is 3.59. The van der Waals surface area contributed by atoms with E-state index in [0.717, 1.165) is 6.54 Å². The molecule has 2 unspecified atom stereocenters. The van der Waals surface area contributed by atoms with E-state index in [4.69, 9.17) is 0 Å². The van der Waals surface area contributed by atoms with Gasteiger partial charge in [0.25, 0.3) is 0 Å². The molecule has 0 bridgehead atoms. The van der Waals surface area contributed by atoms with E-state index in [0.29, 0.717) is 12.0 Å². The summed E-state index contributed by atoms with van der Waals surface area (Å²) in [6, 6.07) is 9.11. The van der Waals surface area contributed by atoms with E-state index in [9.17, 15) is 0 Å². The average molecular weight is 257 g/mol. The van der Waals surface area contributed by atoms with Crippen LogP contribution in [0.4, 0.5) is 5.69 Å². The number of aromatic nitrogens is 2. The molecule has 0 aliphatic carbocycles. The number of rotatable bonds is 6. The van der Waals surface area contributed by atoms with E-state index in [-0.39, 0.29) is 0 Å². The zero-order valence-electron chi connectivity index (χ0n) is 12.0. The molecular weight excluding hydrogens is 234 g/mol. The number of hydrogen-bond donors (Lipinski definition) is 1. The van der Waals surface area contributed by atoms with E-state index in [1.54, 1.807) is 0 Å². The molecule has 0 spiro atoms. The third-order valence-electron chi connectivity index (χ3n) is 3.74. The van der Waals surface area contributed by atoms with Crippen molar-refractivity contribution >= 4 is 5.69 Å². The van der Waals surface area contributed by atoms with Crippen LogP contribution in [0, 0.1) is 5.92 Å². The van der Waals surface area contributed by atoms with Gasteiger partial charge in [-0.3, -0.25) is 0 Å². The Kier molecular flexibility index (Phi) is 4.61. The van der Waals surface area contributed by atoms with Gasteiger partial charge in [-0.05, 0) is 30.5 Å². The standard InChI is InChI=1S/C16H23N3/c1-4-13(2)14(3)18-16-7-5-6-15(10-16)11-19-9-8-17-12-19/h5-10,12-14,18H,4,11H2,1-3H3. The molecule has 2 aromatic rings. The molecule has 0 saturated heterocycles. The lowest BCUT2D eigenvalue weighted by Gasteiger charge is -2.21. The van der Waals surface area contributed by atoms with E-state index >= 15 is 0 Å². The van der Waals surface area contributed by atoms with E-state index in [2.05, 4.69) is 59.9 Å². The second-order valence-corrected chi connectivity index (χ2v) is 5.25. The molecule has 1 heterocycles. The average Bonchev–Trinajstić information content (AvgIpc) is 2.91. The number of benzene rings is 1. The third kappa shape index (κ3) is 3.85. The molecule has 2 rings (SSSR count). The highest BCUT2D eigenvalue weighted by molar-refractivity contribution is 5.46. The maximum Gasteiger partial charge on any atom is 0.0949 e. The van der Waals surface area contributed by atoms with Gasteiger partial charge in [-0.15, -0.1) is 0 Å². The summed E-state index contributed by atoms with van der Waals surface area (Å²) in [4.78, 5) is 4.07. The largest absolute Gasteiger partial charge is 0.382 e. The first-order valence-corrected chi connectivity index (χ1v) is 7.00. The molecule has 3 heteroatoms. The zero-order chi connectivity index (χ0) is 13.7. The van der Waals surface area contributed by atoms with E-state index in [1.165, 1.54) is 17.7 Å². The van der Waals surface area contributed by atoms with Gasteiger partial charge < -0.3 is 9.88 Å². The molecule has 1 aromatic carbocycles. The second kappa shape index (κ2) is 6.41. The first-order valence-electron chi connectivity index (χ1n) is 7.00. The highest BCUT2D eigenvalue weighted by Gasteiger charge is 2.09. The van der Waals surface area contributed by atoms with Crippen molar-refractivity contribution in [3.8, 4) is 0 Å². The molecule has 0 aliphatic rings. The molecular formula is C16H23N3. The maximum atomic E-state index is 4.07. The van der Waals surface area contributed by atoms with Crippen molar-refractivity contribution < 1.29 is 0 Å². The van der Waals surface area contributed by atoms with Crippen molar-refractivity contribution in [1.29, 1.82) is 0 Å². The van der Waals surface area contributed by atoms with Crippen LogP contribution in [0.3, 0.4) is 0 Å². The minimum Gasteiger partial charge on any atom is -0.382 e. The van der Waals surface area contributed by atoms with Crippen LogP contribution in [0.25, 0.3) is 0 Å². The van der Waals surface area contributed by atoms with Crippen LogP contribution in [-0.2, 0) is 6.54 Å². The van der Waals surface area contributed by atoms with Crippen molar-refractivity contribution in [2.45, 2.75) is 39.8 Å². The second-order valence-electron chi connectivity index (χ2n) is 5.25. The summed E-state index contributed by atoms with van der Waals surface area (Å²) in [5.74, 6) is 0.678. The number of nitrogens with zero attached hydrogens (tertiary/aromatic N) is 2. The van der Waals surface area contributed by atoms with Crippen LogP contribution >= 0.6 is 0 Å². The van der Waals surface area contributed by atoms with Crippen LogP contribution < -0.4 is 5.32 Å². The van der Waals surface area contributed by atoms with Gasteiger partial charge in [-0.25, -0.2) is 4.98 Å². The summed E-state index contributed by atoms with van der Waals surface area (Å²) in [5.41, 5.74) is 2.49. The lowest BCUT2D eigenvalue weighted by Crippen LogP contribution is -2.23. The van der Waals surface area contributed by atoms with Crippen molar-refractivity contribution in [2.75, 3.05) is 5.32 Å². The molecule has 0 saturated carbocycles. The van der Waals surface area contributed by atoms with E-state index in [1.807, 2.05) is 18.7 Å². The van der Waals surface area contributed by atoms with Gasteiger partial charge in [0.05, 0.1) is 6.33 Å². The van der Waals surface area contributed by atoms with Crippen LogP contribution in [0.1, 0.15) is 32.8 Å². The molecule has 2 atom stereocenters. The topological polar surface area (TPSA) is 29.9 Å². The molecule has 102 valence electrons. The fourth-order valence-corrected chi connectivity index (χ4v) is 2.11. The molecule has 1 aromatic heterocycles. The van der Waals surface area contributed by atoms with Crippen LogP contribution in [0.5, 0.6) is 0 Å². The predicted molar refractivity (Wildman–Crippen MR) is 80.3 cm³/mol. The Hall–Kier alpha value is -1.77. The molecule has 1 N–H and O–H groups in total. The number of nitrogens with one attached hydrogen (secondary N) is 1. The normalized spacial score (nSPS) is 14.1. The van der Waals surface area contributed by atoms with Gasteiger partial charge in [0.15, 0.2) is 0 Å². The molecule has 0 radical (unpaired) electrons. The molecule has 19 heavy (non-hydrogen) atoms. The number of anilines is 1. The van der Waals surface area contributed by atoms with E-state index < -0.39 is 0 Å². The first-order chi connectivity index (χ1) is 9.19. The summed E-state index contributed by atoms with van der Waals surface area (Å²) >= 11 is 0. The molecule has 0 amide bonds. The summed E-state index contributed by atoms with van der Waals surface area (Å²) < 4.78 is 2.08. The fraction of sp³-hybridized carbons (Fsp3) is 0.438. The minimum absolute atomic E-state index is 0.494. The van der Waals surface area contributed by atoms with Crippen molar-refractivity contribution in [3.63, 3.8) is 0 Å². The summed E-state index contributed by atoms with van der Waals surface area (Å²) in [6.07, 6.45) is 6.85. The predicted octanol–water partition coefficient (Wildman–Crippen LogP) is 3.78. The van der Waals surface area contributed by atoms with Crippen molar-refractivity contribution in [3.05, 3.63) is 48.5 Å². The quantitative estimate of drug-likeness (QED) is 0.853. The SMILES string of the molecule is CCC(C)C(C)Nc1cccc(Cn2ccnc2)c1. The summed E-state index contributed by atoms with van der Waals surface area (Å²) in [6.45, 7) is 7.63. The van der Waals surface area contributed by atoms with Crippen LogP contribution in [0.15, 0.2) is 43.0 Å². The van der Waals surface area contributed by atoms with Crippen LogP contribution in [-0.4, -0.2) is 15.6 Å². The van der Waals surface area contributed by atoms with Gasteiger partial charge in [-0.2, -0.15) is 0 Å². The van der Waals surface area contributed by atoms with Crippen LogP contribution in [0.2, 0.25) is 0 Å². The Labute approximate surface area is 115 Å². The first kappa shape index (κ1) is 13.7. The van der Waals surface area contributed by atoms with Gasteiger partial charge in [0.2, 0.25) is 0 Å². The summed E-state index contributed by atoms with van der Waals surface area (Å²) in [7, 11) is 0. The number of imidazole rings is 1. The lowest BCUT2D eigenvalue weighted by molar-refractivity contribution is 0.494. The van der Waals surface area contributed by atoms with Gasteiger partial charge in [-0.1, -0.05) is 32.4 Å². The van der Waals surface area contributed by atoms with Crippen molar-refractivity contribution in [1.82, 2.24) is 9.55 Å². The Balaban J connectivity index is 2.02. The highest BCUT2D eigenvalue weighted by Crippen LogP contribution is 2.17. The van der Waals surface area contributed by atoms with Crippen molar-refractivity contribution in [2.24, 2.45) is 5.92 Å².